The normalized spacial score (nSPS) is 10.4. The monoisotopic (exact) mass is 402 g/mol. The van der Waals surface area contributed by atoms with Crippen molar-refractivity contribution >= 4 is 29.2 Å². The highest BCUT2D eigenvalue weighted by molar-refractivity contribution is 6.02. The fourth-order valence-electron chi connectivity index (χ4n) is 2.66. The largest absolute Gasteiger partial charge is 0.454 e. The van der Waals surface area contributed by atoms with Gasteiger partial charge in [-0.2, -0.15) is 0 Å². The second-order valence-electron chi connectivity index (χ2n) is 6.32. The van der Waals surface area contributed by atoms with Gasteiger partial charge in [0.2, 0.25) is 11.7 Å². The molecule has 0 bridgehead atoms. The molecule has 1 amide bonds. The van der Waals surface area contributed by atoms with E-state index in [0.717, 1.165) is 9.13 Å². The van der Waals surface area contributed by atoms with Gasteiger partial charge in [-0.15, -0.1) is 0 Å². The van der Waals surface area contributed by atoms with Crippen molar-refractivity contribution in [2.45, 2.75) is 26.8 Å². The van der Waals surface area contributed by atoms with Gasteiger partial charge in [-0.05, 0) is 30.7 Å². The first kappa shape index (κ1) is 21.6. The van der Waals surface area contributed by atoms with Crippen molar-refractivity contribution in [2.24, 2.45) is 7.05 Å². The van der Waals surface area contributed by atoms with E-state index >= 15 is 0 Å². The third-order valence-electron chi connectivity index (χ3n) is 4.08. The van der Waals surface area contributed by atoms with Crippen LogP contribution in [-0.2, 0) is 23.1 Å². The second-order valence-corrected chi connectivity index (χ2v) is 6.32. The van der Waals surface area contributed by atoms with Crippen molar-refractivity contribution < 1.29 is 19.1 Å². The Bertz CT molecular complexity index is 1070. The Kier molecular flexibility index (Phi) is 6.71. The summed E-state index contributed by atoms with van der Waals surface area (Å²) in [4.78, 5) is 60.1. The SMILES string of the molecule is CCCn1c(N)c(C(=O)COC(=O)c2ccc(NC(C)=O)cc2)c(=O)n(C)c1=O. The number of hydrogen-bond acceptors (Lipinski definition) is 7. The highest BCUT2D eigenvalue weighted by Gasteiger charge is 2.22. The van der Waals surface area contributed by atoms with E-state index < -0.39 is 35.2 Å². The van der Waals surface area contributed by atoms with Gasteiger partial charge in [0.05, 0.1) is 5.56 Å². The number of ether oxygens (including phenoxy) is 1. The fourth-order valence-corrected chi connectivity index (χ4v) is 2.66. The molecule has 1 heterocycles. The number of esters is 1. The van der Waals surface area contributed by atoms with Gasteiger partial charge in [-0.1, -0.05) is 6.92 Å². The quantitative estimate of drug-likeness (QED) is 0.508. The van der Waals surface area contributed by atoms with Crippen LogP contribution in [0.1, 0.15) is 41.0 Å². The highest BCUT2D eigenvalue weighted by Crippen LogP contribution is 2.11. The Morgan fingerprint density at radius 3 is 2.31 bits per heavy atom. The molecule has 0 aliphatic rings. The number of carbonyl (C=O) groups excluding carboxylic acids is 3. The molecule has 10 heteroatoms. The lowest BCUT2D eigenvalue weighted by molar-refractivity contribution is -0.114. The average molecular weight is 402 g/mol. The summed E-state index contributed by atoms with van der Waals surface area (Å²) in [7, 11) is 1.25. The number of nitrogens with one attached hydrogen (secondary N) is 1. The first-order chi connectivity index (χ1) is 13.7. The van der Waals surface area contributed by atoms with E-state index in [1.807, 2.05) is 6.92 Å². The smallest absolute Gasteiger partial charge is 0.338 e. The van der Waals surface area contributed by atoms with Crippen LogP contribution < -0.4 is 22.3 Å². The van der Waals surface area contributed by atoms with Crippen molar-refractivity contribution in [3.05, 3.63) is 56.2 Å². The third kappa shape index (κ3) is 4.78. The molecular formula is C19H22N4O6. The molecule has 154 valence electrons. The number of hydrogen-bond donors (Lipinski definition) is 2. The van der Waals surface area contributed by atoms with Crippen LogP contribution >= 0.6 is 0 Å². The predicted octanol–water partition coefficient (Wildman–Crippen LogP) is 0.537. The summed E-state index contributed by atoms with van der Waals surface area (Å²) >= 11 is 0. The number of rotatable bonds is 7. The first-order valence-electron chi connectivity index (χ1n) is 8.84. The van der Waals surface area contributed by atoms with Crippen LogP contribution in [0.5, 0.6) is 0 Å². The number of nitrogens with two attached hydrogens (primary N) is 1. The predicted molar refractivity (Wildman–Crippen MR) is 106 cm³/mol. The van der Waals surface area contributed by atoms with Gasteiger partial charge in [-0.25, -0.2) is 9.59 Å². The molecule has 2 rings (SSSR count). The number of ketones is 1. The zero-order chi connectivity index (χ0) is 21.7. The maximum atomic E-state index is 12.5. The molecule has 0 saturated carbocycles. The summed E-state index contributed by atoms with van der Waals surface area (Å²) in [6.07, 6.45) is 0.569. The Balaban J connectivity index is 2.19. The molecule has 0 atom stereocenters. The molecule has 0 aliphatic heterocycles. The fraction of sp³-hybridized carbons (Fsp3) is 0.316. The number of anilines is 2. The zero-order valence-electron chi connectivity index (χ0n) is 16.4. The van der Waals surface area contributed by atoms with Crippen molar-refractivity contribution in [2.75, 3.05) is 17.7 Å². The number of Topliss-reactive ketones (excluding diaryl/α,β-unsaturated/α-hetero) is 1. The molecule has 0 radical (unpaired) electrons. The number of nitrogen functional groups attached to an aromatic ring is 1. The molecule has 0 aliphatic carbocycles. The van der Waals surface area contributed by atoms with E-state index in [0.29, 0.717) is 12.1 Å². The number of aromatic nitrogens is 2. The van der Waals surface area contributed by atoms with E-state index in [9.17, 15) is 24.0 Å². The highest BCUT2D eigenvalue weighted by atomic mass is 16.5. The summed E-state index contributed by atoms with van der Waals surface area (Å²) in [5.74, 6) is -2.10. The summed E-state index contributed by atoms with van der Waals surface area (Å²) in [5.41, 5.74) is 4.66. The summed E-state index contributed by atoms with van der Waals surface area (Å²) in [5, 5.41) is 2.56. The average Bonchev–Trinajstić information content (AvgIpc) is 2.68. The molecular weight excluding hydrogens is 380 g/mol. The molecule has 10 nitrogen and oxygen atoms in total. The molecule has 0 fully saturated rings. The van der Waals surface area contributed by atoms with Gasteiger partial charge in [0.15, 0.2) is 6.61 Å². The lowest BCUT2D eigenvalue weighted by atomic mass is 10.2. The van der Waals surface area contributed by atoms with Crippen molar-refractivity contribution in [1.82, 2.24) is 9.13 Å². The standard InChI is InChI=1S/C19H22N4O6/c1-4-9-23-16(20)15(17(26)22(3)19(23)28)14(25)10-29-18(27)12-5-7-13(8-6-12)21-11(2)24/h5-8H,4,9-10,20H2,1-3H3,(H,21,24). The van der Waals surface area contributed by atoms with E-state index in [-0.39, 0.29) is 23.8 Å². The molecule has 0 spiro atoms. The van der Waals surface area contributed by atoms with Crippen LogP contribution in [0.25, 0.3) is 0 Å². The minimum atomic E-state index is -0.847. The lowest BCUT2D eigenvalue weighted by Crippen LogP contribution is -2.43. The molecule has 1 aromatic heterocycles. The van der Waals surface area contributed by atoms with E-state index in [4.69, 9.17) is 10.5 Å². The lowest BCUT2D eigenvalue weighted by Gasteiger charge is -2.14. The van der Waals surface area contributed by atoms with Crippen LogP contribution in [0.3, 0.4) is 0 Å². The van der Waals surface area contributed by atoms with Gasteiger partial charge in [-0.3, -0.25) is 23.5 Å². The van der Waals surface area contributed by atoms with Crippen molar-refractivity contribution in [3.8, 4) is 0 Å². The van der Waals surface area contributed by atoms with E-state index in [1.165, 1.54) is 38.2 Å². The van der Waals surface area contributed by atoms with Crippen molar-refractivity contribution in [3.63, 3.8) is 0 Å². The Morgan fingerprint density at radius 2 is 1.76 bits per heavy atom. The van der Waals surface area contributed by atoms with Crippen LogP contribution in [0, 0.1) is 0 Å². The Morgan fingerprint density at radius 1 is 1.14 bits per heavy atom. The van der Waals surface area contributed by atoms with Gasteiger partial charge in [0.25, 0.3) is 5.56 Å². The second kappa shape index (κ2) is 9.00. The van der Waals surface area contributed by atoms with Crippen LogP contribution in [-0.4, -0.2) is 33.4 Å². The summed E-state index contributed by atoms with van der Waals surface area (Å²) < 4.78 is 6.91. The summed E-state index contributed by atoms with van der Waals surface area (Å²) in [6.45, 7) is 2.69. The minimum absolute atomic E-state index is 0.156. The van der Waals surface area contributed by atoms with Gasteiger partial charge < -0.3 is 15.8 Å². The minimum Gasteiger partial charge on any atom is -0.454 e. The van der Waals surface area contributed by atoms with Crippen LogP contribution in [0.15, 0.2) is 33.9 Å². The van der Waals surface area contributed by atoms with Gasteiger partial charge >= 0.3 is 11.7 Å². The first-order valence-corrected chi connectivity index (χ1v) is 8.84. The van der Waals surface area contributed by atoms with Crippen LogP contribution in [0.2, 0.25) is 0 Å². The maximum absolute atomic E-state index is 12.5. The molecule has 3 N–H and O–H groups in total. The molecule has 29 heavy (non-hydrogen) atoms. The Hall–Kier alpha value is -3.69. The topological polar surface area (TPSA) is 142 Å². The zero-order valence-corrected chi connectivity index (χ0v) is 16.4. The van der Waals surface area contributed by atoms with E-state index in [1.54, 1.807) is 0 Å². The Labute approximate surface area is 165 Å². The van der Waals surface area contributed by atoms with Gasteiger partial charge in [0.1, 0.15) is 11.4 Å². The maximum Gasteiger partial charge on any atom is 0.338 e. The van der Waals surface area contributed by atoms with E-state index in [2.05, 4.69) is 5.32 Å². The molecule has 0 unspecified atom stereocenters. The molecule has 2 aromatic rings. The number of nitrogens with zero attached hydrogens (tertiary/aromatic N) is 2. The summed E-state index contributed by atoms with van der Waals surface area (Å²) in [6, 6.07) is 5.86. The number of carbonyl (C=O) groups is 3. The van der Waals surface area contributed by atoms with Crippen molar-refractivity contribution in [1.29, 1.82) is 0 Å². The molecule has 0 saturated heterocycles. The van der Waals surface area contributed by atoms with Crippen LogP contribution in [0.4, 0.5) is 11.5 Å². The number of amides is 1. The number of benzene rings is 1. The third-order valence-corrected chi connectivity index (χ3v) is 4.08. The van der Waals surface area contributed by atoms with Gasteiger partial charge in [0, 0.05) is 26.2 Å². The molecule has 1 aromatic carbocycles.